The molecule has 4 rings (SSSR count). The highest BCUT2D eigenvalue weighted by molar-refractivity contribution is 5.94. The molecular weight excluding hydrogens is 451 g/mol. The maximum atomic E-state index is 14.5. The number of nitrogens with zero attached hydrogens (tertiary/aromatic N) is 6. The van der Waals surface area contributed by atoms with Gasteiger partial charge in [-0.3, -0.25) is 9.36 Å². The number of anilines is 3. The van der Waals surface area contributed by atoms with E-state index < -0.39 is 11.7 Å². The van der Waals surface area contributed by atoms with Gasteiger partial charge in [-0.2, -0.15) is 10.2 Å². The molecule has 1 aliphatic heterocycles. The van der Waals surface area contributed by atoms with Crippen molar-refractivity contribution in [1.82, 2.24) is 19.5 Å². The fourth-order valence-electron chi connectivity index (χ4n) is 4.65. The number of rotatable bonds is 8. The molecule has 182 valence electrons. The number of nitrogens with two attached hydrogens (primary N) is 1. The van der Waals surface area contributed by atoms with Crippen molar-refractivity contribution >= 4 is 23.4 Å². The van der Waals surface area contributed by atoms with Crippen molar-refractivity contribution in [3.63, 3.8) is 0 Å². The molecule has 1 unspecified atom stereocenters. The van der Waals surface area contributed by atoms with E-state index in [2.05, 4.69) is 47.0 Å². The molecule has 1 aliphatic rings. The van der Waals surface area contributed by atoms with Crippen LogP contribution in [-0.4, -0.2) is 38.6 Å². The van der Waals surface area contributed by atoms with Crippen molar-refractivity contribution in [2.75, 3.05) is 17.3 Å². The Bertz CT molecular complexity index is 1310. The van der Waals surface area contributed by atoms with Crippen LogP contribution in [0, 0.1) is 17.1 Å². The number of carbonyl (C=O) groups excluding carboxylic acids is 1. The molecule has 3 aromatic rings. The van der Waals surface area contributed by atoms with Crippen molar-refractivity contribution in [2.24, 2.45) is 5.73 Å². The summed E-state index contributed by atoms with van der Waals surface area (Å²) < 4.78 is 21.7. The lowest BCUT2D eigenvalue weighted by molar-refractivity contribution is 0.0996. The van der Waals surface area contributed by atoms with E-state index in [4.69, 9.17) is 15.5 Å². The Morgan fingerprint density at radius 2 is 2.06 bits per heavy atom. The average molecular weight is 479 g/mol. The first kappa shape index (κ1) is 23.9. The van der Waals surface area contributed by atoms with Gasteiger partial charge in [0.05, 0.1) is 36.3 Å². The normalized spacial score (nSPS) is 14.3. The minimum Gasteiger partial charge on any atom is -0.495 e. The van der Waals surface area contributed by atoms with Crippen LogP contribution in [0.15, 0.2) is 24.7 Å². The molecule has 3 heterocycles. The summed E-state index contributed by atoms with van der Waals surface area (Å²) in [6.07, 6.45) is 5.78. The third-order valence-electron chi connectivity index (χ3n) is 6.34. The van der Waals surface area contributed by atoms with Gasteiger partial charge in [0.25, 0.3) is 5.91 Å². The van der Waals surface area contributed by atoms with E-state index in [1.807, 2.05) is 4.57 Å². The average Bonchev–Trinajstić information content (AvgIpc) is 3.28. The van der Waals surface area contributed by atoms with Crippen LogP contribution in [0.2, 0.25) is 0 Å². The molecule has 0 saturated heterocycles. The van der Waals surface area contributed by atoms with Gasteiger partial charge in [-0.15, -0.1) is 0 Å². The van der Waals surface area contributed by atoms with Crippen molar-refractivity contribution in [3.8, 4) is 17.5 Å². The van der Waals surface area contributed by atoms with Gasteiger partial charge in [0.2, 0.25) is 5.95 Å². The molecule has 11 heteroatoms. The zero-order chi connectivity index (χ0) is 25.3. The predicted molar refractivity (Wildman–Crippen MR) is 129 cm³/mol. The molecule has 1 aromatic carbocycles. The highest BCUT2D eigenvalue weighted by Gasteiger charge is 2.37. The second-order valence-corrected chi connectivity index (χ2v) is 8.19. The zero-order valence-electron chi connectivity index (χ0n) is 20.0. The van der Waals surface area contributed by atoms with Gasteiger partial charge in [0, 0.05) is 12.1 Å². The molecule has 0 radical (unpaired) electrons. The summed E-state index contributed by atoms with van der Waals surface area (Å²) in [7, 11) is 1.41. The Morgan fingerprint density at radius 1 is 1.31 bits per heavy atom. The quantitative estimate of drug-likeness (QED) is 0.496. The van der Waals surface area contributed by atoms with E-state index in [0.717, 1.165) is 31.0 Å². The summed E-state index contributed by atoms with van der Waals surface area (Å²) in [5, 5.41) is 12.7. The van der Waals surface area contributed by atoms with Crippen molar-refractivity contribution < 1.29 is 13.9 Å². The number of aromatic nitrogens is 4. The second kappa shape index (κ2) is 9.58. The molecule has 1 atom stereocenters. The van der Waals surface area contributed by atoms with Gasteiger partial charge >= 0.3 is 0 Å². The van der Waals surface area contributed by atoms with E-state index in [1.165, 1.54) is 13.2 Å². The smallest absolute Gasteiger partial charge is 0.251 e. The SMILES string of the molecule is CCC(CC)N1c2nc(Nc3cc(F)c(C(N)=O)cc3OC)ncc2-n2cnc(C#N)c2C1CC. The van der Waals surface area contributed by atoms with Crippen LogP contribution in [0.1, 0.15) is 67.8 Å². The lowest BCUT2D eigenvalue weighted by Crippen LogP contribution is -2.42. The lowest BCUT2D eigenvalue weighted by atomic mass is 9.99. The third kappa shape index (κ3) is 4.01. The van der Waals surface area contributed by atoms with Gasteiger partial charge < -0.3 is 20.7 Å². The van der Waals surface area contributed by atoms with E-state index in [9.17, 15) is 14.4 Å². The minimum atomic E-state index is -0.892. The number of nitrogens with one attached hydrogen (secondary N) is 1. The number of benzene rings is 1. The first-order valence-electron chi connectivity index (χ1n) is 11.5. The molecule has 10 nitrogen and oxygen atoms in total. The molecule has 1 amide bonds. The first-order chi connectivity index (χ1) is 16.9. The minimum absolute atomic E-state index is 0.103. The number of halogens is 1. The third-order valence-corrected chi connectivity index (χ3v) is 6.34. The summed E-state index contributed by atoms with van der Waals surface area (Å²) >= 11 is 0. The Hall–Kier alpha value is -4.20. The molecule has 0 fully saturated rings. The zero-order valence-corrected chi connectivity index (χ0v) is 20.0. The van der Waals surface area contributed by atoms with E-state index in [1.54, 1.807) is 12.5 Å². The molecular formula is C24H27FN8O2. The lowest BCUT2D eigenvalue weighted by Gasteiger charge is -2.42. The van der Waals surface area contributed by atoms with Crippen LogP contribution in [0.4, 0.5) is 21.8 Å². The Kier molecular flexibility index (Phi) is 6.55. The van der Waals surface area contributed by atoms with E-state index in [-0.39, 0.29) is 35.0 Å². The number of amides is 1. The van der Waals surface area contributed by atoms with E-state index >= 15 is 0 Å². The highest BCUT2D eigenvalue weighted by Crippen LogP contribution is 2.43. The summed E-state index contributed by atoms with van der Waals surface area (Å²) in [5.74, 6) is -0.540. The number of carbonyl (C=O) groups is 1. The number of primary amides is 1. The van der Waals surface area contributed by atoms with Crippen LogP contribution in [0.3, 0.4) is 0 Å². The fraction of sp³-hybridized carbons (Fsp3) is 0.375. The number of imidazole rings is 1. The van der Waals surface area contributed by atoms with Crippen LogP contribution >= 0.6 is 0 Å². The van der Waals surface area contributed by atoms with Crippen LogP contribution < -0.4 is 20.7 Å². The number of methoxy groups -OCH3 is 1. The number of nitriles is 1. The van der Waals surface area contributed by atoms with Crippen molar-refractivity contribution in [1.29, 1.82) is 5.26 Å². The molecule has 2 aromatic heterocycles. The largest absolute Gasteiger partial charge is 0.495 e. The molecule has 0 bridgehead atoms. The number of hydrogen-bond donors (Lipinski definition) is 2. The summed E-state index contributed by atoms with van der Waals surface area (Å²) in [4.78, 5) is 27.3. The van der Waals surface area contributed by atoms with Crippen LogP contribution in [0.5, 0.6) is 5.75 Å². The standard InChI is InChI=1S/C24H27FN8O2/c1-5-13(6-2)33-18(7-3)21-17(10-26)29-12-32(21)19-11-28-24(31-23(19)33)30-16-9-15(25)14(22(27)34)8-20(16)35-4/h8-9,11-13,18H,5-7H2,1-4H3,(H2,27,34)(H,28,30,31). The summed E-state index contributed by atoms with van der Waals surface area (Å²) in [6, 6.07) is 4.64. The van der Waals surface area contributed by atoms with Crippen molar-refractivity contribution in [3.05, 3.63) is 47.4 Å². The fourth-order valence-corrected chi connectivity index (χ4v) is 4.65. The molecule has 35 heavy (non-hydrogen) atoms. The molecule has 0 spiro atoms. The highest BCUT2D eigenvalue weighted by atomic mass is 19.1. The molecule has 0 saturated carbocycles. The first-order valence-corrected chi connectivity index (χ1v) is 11.5. The van der Waals surface area contributed by atoms with Gasteiger partial charge in [-0.1, -0.05) is 20.8 Å². The maximum absolute atomic E-state index is 14.5. The number of fused-ring (bicyclic) bond motifs is 3. The molecule has 3 N–H and O–H groups in total. The topological polar surface area (TPSA) is 135 Å². The van der Waals surface area contributed by atoms with Gasteiger partial charge in [0.1, 0.15) is 29.7 Å². The molecule has 0 aliphatic carbocycles. The van der Waals surface area contributed by atoms with Gasteiger partial charge in [0.15, 0.2) is 11.5 Å². The summed E-state index contributed by atoms with van der Waals surface area (Å²) in [5.41, 5.74) is 7.15. The van der Waals surface area contributed by atoms with E-state index in [0.29, 0.717) is 17.2 Å². The number of ether oxygens (including phenoxy) is 1. The number of hydrogen-bond acceptors (Lipinski definition) is 8. The Morgan fingerprint density at radius 3 is 2.66 bits per heavy atom. The second-order valence-electron chi connectivity index (χ2n) is 8.19. The van der Waals surface area contributed by atoms with Crippen molar-refractivity contribution in [2.45, 2.75) is 52.1 Å². The van der Waals surface area contributed by atoms with Gasteiger partial charge in [-0.25, -0.2) is 14.4 Å². The maximum Gasteiger partial charge on any atom is 0.251 e. The van der Waals surface area contributed by atoms with Gasteiger partial charge in [-0.05, 0) is 25.3 Å². The Labute approximate surface area is 202 Å². The monoisotopic (exact) mass is 478 g/mol. The van der Waals surface area contributed by atoms with Crippen LogP contribution in [0.25, 0.3) is 5.69 Å². The summed E-state index contributed by atoms with van der Waals surface area (Å²) in [6.45, 7) is 6.30. The van der Waals surface area contributed by atoms with Crippen LogP contribution in [-0.2, 0) is 0 Å². The Balaban J connectivity index is 1.85. The predicted octanol–water partition coefficient (Wildman–Crippen LogP) is 3.98.